The van der Waals surface area contributed by atoms with E-state index >= 15 is 0 Å². The second-order valence-corrected chi connectivity index (χ2v) is 8.74. The topological polar surface area (TPSA) is 103 Å². The van der Waals surface area contributed by atoms with Gasteiger partial charge in [0, 0.05) is 18.8 Å². The number of rotatable bonds is 8. The van der Waals surface area contributed by atoms with E-state index in [-0.39, 0.29) is 17.2 Å². The molecule has 1 N–H and O–H groups in total. The third-order valence-electron chi connectivity index (χ3n) is 4.84. The summed E-state index contributed by atoms with van der Waals surface area (Å²) >= 11 is 0. The summed E-state index contributed by atoms with van der Waals surface area (Å²) in [6.07, 6.45) is 0.0740. The molecule has 0 aromatic heterocycles. The standard InChI is InChI=1S/C21H26N2O7S/c1-27-18-12-15(13-19(28-2)21(18)29-3)14-20(24)22-16-4-6-17(7-5-16)31(25,26)23-8-10-30-11-9-23/h4-7,12-13H,8-11,14H2,1-3H3,(H,22,24). The molecule has 1 saturated heterocycles. The first-order valence-electron chi connectivity index (χ1n) is 9.65. The average Bonchev–Trinajstić information content (AvgIpc) is 2.79. The number of nitrogens with zero attached hydrogens (tertiary/aromatic N) is 1. The number of ether oxygens (including phenoxy) is 4. The third kappa shape index (κ3) is 5.27. The van der Waals surface area contributed by atoms with E-state index < -0.39 is 10.0 Å². The summed E-state index contributed by atoms with van der Waals surface area (Å²) in [5.41, 5.74) is 1.18. The van der Waals surface area contributed by atoms with Crippen LogP contribution in [0.25, 0.3) is 0 Å². The van der Waals surface area contributed by atoms with Gasteiger partial charge in [-0.3, -0.25) is 4.79 Å². The molecule has 31 heavy (non-hydrogen) atoms. The van der Waals surface area contributed by atoms with Crippen molar-refractivity contribution in [1.29, 1.82) is 0 Å². The highest BCUT2D eigenvalue weighted by atomic mass is 32.2. The highest BCUT2D eigenvalue weighted by Crippen LogP contribution is 2.38. The predicted octanol–water partition coefficient (Wildman–Crippen LogP) is 1.91. The molecule has 1 aliphatic heterocycles. The first-order valence-corrected chi connectivity index (χ1v) is 11.1. The Morgan fingerprint density at radius 1 is 1.00 bits per heavy atom. The molecule has 0 saturated carbocycles. The van der Waals surface area contributed by atoms with Crippen LogP contribution in [0.15, 0.2) is 41.3 Å². The molecule has 9 nitrogen and oxygen atoms in total. The number of hydrogen-bond donors (Lipinski definition) is 1. The monoisotopic (exact) mass is 450 g/mol. The van der Waals surface area contributed by atoms with Gasteiger partial charge in [-0.1, -0.05) is 0 Å². The highest BCUT2D eigenvalue weighted by Gasteiger charge is 2.26. The van der Waals surface area contributed by atoms with E-state index in [0.717, 1.165) is 0 Å². The van der Waals surface area contributed by atoms with Crippen molar-refractivity contribution >= 4 is 21.6 Å². The zero-order valence-corrected chi connectivity index (χ0v) is 18.5. The Hall–Kier alpha value is -2.82. The molecular formula is C21H26N2O7S. The zero-order valence-electron chi connectivity index (χ0n) is 17.7. The molecule has 1 amide bonds. The summed E-state index contributed by atoms with van der Waals surface area (Å²) in [6, 6.07) is 9.53. The maximum absolute atomic E-state index is 12.7. The van der Waals surface area contributed by atoms with Crippen molar-refractivity contribution in [2.75, 3.05) is 52.9 Å². The van der Waals surface area contributed by atoms with Crippen LogP contribution >= 0.6 is 0 Å². The number of anilines is 1. The van der Waals surface area contributed by atoms with E-state index in [1.54, 1.807) is 24.3 Å². The zero-order chi connectivity index (χ0) is 22.4. The van der Waals surface area contributed by atoms with E-state index in [1.807, 2.05) is 0 Å². The van der Waals surface area contributed by atoms with Crippen LogP contribution in [0.5, 0.6) is 17.2 Å². The van der Waals surface area contributed by atoms with Crippen molar-refractivity contribution in [3.05, 3.63) is 42.0 Å². The number of benzene rings is 2. The average molecular weight is 451 g/mol. The lowest BCUT2D eigenvalue weighted by Gasteiger charge is -2.26. The number of carbonyl (C=O) groups excluding carboxylic acids is 1. The number of morpholine rings is 1. The van der Waals surface area contributed by atoms with E-state index in [0.29, 0.717) is 54.8 Å². The Kier molecular flexibility index (Phi) is 7.37. The number of methoxy groups -OCH3 is 3. The Balaban J connectivity index is 1.69. The molecule has 1 heterocycles. The molecule has 1 aliphatic rings. The van der Waals surface area contributed by atoms with Gasteiger partial charge in [-0.2, -0.15) is 4.31 Å². The quantitative estimate of drug-likeness (QED) is 0.655. The molecule has 0 aliphatic carbocycles. The molecule has 0 unspecified atom stereocenters. The van der Waals surface area contributed by atoms with Crippen molar-refractivity contribution < 1.29 is 32.2 Å². The number of carbonyl (C=O) groups is 1. The Morgan fingerprint density at radius 3 is 2.10 bits per heavy atom. The summed E-state index contributed by atoms with van der Waals surface area (Å²) in [4.78, 5) is 12.7. The molecule has 10 heteroatoms. The second-order valence-electron chi connectivity index (χ2n) is 6.80. The molecule has 168 valence electrons. The van der Waals surface area contributed by atoms with Crippen molar-refractivity contribution in [2.45, 2.75) is 11.3 Å². The van der Waals surface area contributed by atoms with Crippen LogP contribution < -0.4 is 19.5 Å². The van der Waals surface area contributed by atoms with Gasteiger partial charge in [-0.15, -0.1) is 0 Å². The van der Waals surface area contributed by atoms with Gasteiger partial charge in [0.25, 0.3) is 0 Å². The van der Waals surface area contributed by atoms with Crippen molar-refractivity contribution in [1.82, 2.24) is 4.31 Å². The fourth-order valence-corrected chi connectivity index (χ4v) is 4.68. The van der Waals surface area contributed by atoms with Gasteiger partial charge in [-0.25, -0.2) is 8.42 Å². The first-order chi connectivity index (χ1) is 14.9. The lowest BCUT2D eigenvalue weighted by atomic mass is 10.1. The van der Waals surface area contributed by atoms with Crippen LogP contribution in [-0.4, -0.2) is 66.3 Å². The molecule has 0 atom stereocenters. The number of hydrogen-bond acceptors (Lipinski definition) is 7. The number of amides is 1. The normalized spacial score (nSPS) is 14.7. The van der Waals surface area contributed by atoms with Crippen LogP contribution in [-0.2, 0) is 26.0 Å². The summed E-state index contributed by atoms with van der Waals surface area (Å²) in [7, 11) is 0.948. The summed E-state index contributed by atoms with van der Waals surface area (Å²) < 4.78 is 47.9. The second kappa shape index (κ2) is 9.99. The summed E-state index contributed by atoms with van der Waals surface area (Å²) in [6.45, 7) is 1.42. The highest BCUT2D eigenvalue weighted by molar-refractivity contribution is 7.89. The van der Waals surface area contributed by atoms with Crippen LogP contribution in [0.4, 0.5) is 5.69 Å². The molecule has 3 rings (SSSR count). The number of nitrogens with one attached hydrogen (secondary N) is 1. The largest absolute Gasteiger partial charge is 0.493 e. The lowest BCUT2D eigenvalue weighted by Crippen LogP contribution is -2.40. The minimum Gasteiger partial charge on any atom is -0.493 e. The minimum absolute atomic E-state index is 0.0740. The molecular weight excluding hydrogens is 424 g/mol. The predicted molar refractivity (Wildman–Crippen MR) is 114 cm³/mol. The Bertz CT molecular complexity index is 992. The number of sulfonamides is 1. The molecule has 2 aromatic carbocycles. The van der Waals surface area contributed by atoms with Crippen LogP contribution in [0.1, 0.15) is 5.56 Å². The van der Waals surface area contributed by atoms with E-state index in [9.17, 15) is 13.2 Å². The Morgan fingerprint density at radius 2 is 1.58 bits per heavy atom. The molecule has 2 aromatic rings. The maximum atomic E-state index is 12.7. The van der Waals surface area contributed by atoms with E-state index in [1.165, 1.54) is 37.8 Å². The molecule has 0 radical (unpaired) electrons. The van der Waals surface area contributed by atoms with E-state index in [2.05, 4.69) is 5.32 Å². The smallest absolute Gasteiger partial charge is 0.243 e. The fraction of sp³-hybridized carbons (Fsp3) is 0.381. The summed E-state index contributed by atoms with van der Waals surface area (Å²) in [5, 5.41) is 2.77. The first kappa shape index (κ1) is 22.9. The van der Waals surface area contributed by atoms with Gasteiger partial charge in [0.2, 0.25) is 21.7 Å². The van der Waals surface area contributed by atoms with Crippen LogP contribution in [0, 0.1) is 0 Å². The van der Waals surface area contributed by atoms with Gasteiger partial charge in [0.15, 0.2) is 11.5 Å². The van der Waals surface area contributed by atoms with Crippen molar-refractivity contribution in [3.8, 4) is 17.2 Å². The lowest BCUT2D eigenvalue weighted by molar-refractivity contribution is -0.115. The Labute approximate surface area is 181 Å². The fourth-order valence-electron chi connectivity index (χ4n) is 3.27. The third-order valence-corrected chi connectivity index (χ3v) is 6.75. The molecule has 0 spiro atoms. The van der Waals surface area contributed by atoms with E-state index in [4.69, 9.17) is 18.9 Å². The summed E-state index contributed by atoms with van der Waals surface area (Å²) in [5.74, 6) is 1.11. The van der Waals surface area contributed by atoms with Gasteiger partial charge in [0.05, 0.1) is 45.9 Å². The van der Waals surface area contributed by atoms with Gasteiger partial charge < -0.3 is 24.3 Å². The molecule has 1 fully saturated rings. The molecule has 0 bridgehead atoms. The minimum atomic E-state index is -3.58. The van der Waals surface area contributed by atoms with Crippen molar-refractivity contribution in [2.24, 2.45) is 0 Å². The van der Waals surface area contributed by atoms with Crippen LogP contribution in [0.2, 0.25) is 0 Å². The van der Waals surface area contributed by atoms with Gasteiger partial charge in [0.1, 0.15) is 0 Å². The SMILES string of the molecule is COc1cc(CC(=O)Nc2ccc(S(=O)(=O)N3CCOCC3)cc2)cc(OC)c1OC. The maximum Gasteiger partial charge on any atom is 0.243 e. The van der Waals surface area contributed by atoms with Gasteiger partial charge >= 0.3 is 0 Å². The van der Waals surface area contributed by atoms with Crippen LogP contribution in [0.3, 0.4) is 0 Å². The van der Waals surface area contributed by atoms with Gasteiger partial charge in [-0.05, 0) is 42.0 Å². The van der Waals surface area contributed by atoms with Crippen molar-refractivity contribution in [3.63, 3.8) is 0 Å².